The average Bonchev–Trinajstić information content (AvgIpc) is 2.94. The molecule has 0 fully saturated rings. The zero-order valence-electron chi connectivity index (χ0n) is 11.5. The number of nitrogens with zero attached hydrogens (tertiary/aromatic N) is 2. The van der Waals surface area contributed by atoms with Gasteiger partial charge in [0.05, 0.1) is 6.21 Å². The number of para-hydroxylation sites is 1. The van der Waals surface area contributed by atoms with Crippen molar-refractivity contribution in [2.75, 3.05) is 5.43 Å². The number of benzene rings is 2. The fourth-order valence-electron chi connectivity index (χ4n) is 1.77. The Bertz CT molecular complexity index is 825. The fraction of sp³-hybridized carbons (Fsp3) is 0. The van der Waals surface area contributed by atoms with Crippen molar-refractivity contribution >= 4 is 24.4 Å². The number of nitrogens with one attached hydrogen (secondary N) is 3. The highest BCUT2D eigenvalue weighted by Gasteiger charge is 1.97. The quantitative estimate of drug-likeness (QED) is 0.381. The molecule has 110 valence electrons. The van der Waals surface area contributed by atoms with E-state index in [2.05, 4.69) is 25.7 Å². The Balaban J connectivity index is 1.67. The number of hydrazone groups is 1. The van der Waals surface area contributed by atoms with Crippen molar-refractivity contribution in [2.24, 2.45) is 5.10 Å². The first kappa shape index (κ1) is 14.0. The first-order chi connectivity index (χ1) is 10.8. The SMILES string of the molecule is S=c1nc(N/N=C\c2cccc(Oc3ccccc3)c2)[nH][nH]1. The minimum Gasteiger partial charge on any atom is -0.457 e. The van der Waals surface area contributed by atoms with Gasteiger partial charge >= 0.3 is 0 Å². The lowest BCUT2D eigenvalue weighted by Gasteiger charge is -2.05. The second-order valence-corrected chi connectivity index (χ2v) is 4.76. The van der Waals surface area contributed by atoms with Crippen LogP contribution in [0.3, 0.4) is 0 Å². The van der Waals surface area contributed by atoms with Crippen LogP contribution >= 0.6 is 12.2 Å². The van der Waals surface area contributed by atoms with Gasteiger partial charge in [0.1, 0.15) is 11.5 Å². The summed E-state index contributed by atoms with van der Waals surface area (Å²) in [4.78, 5) is 3.97. The summed E-state index contributed by atoms with van der Waals surface area (Å²) in [7, 11) is 0. The van der Waals surface area contributed by atoms with Crippen LogP contribution in [0, 0.1) is 4.77 Å². The summed E-state index contributed by atoms with van der Waals surface area (Å²) >= 11 is 4.85. The second kappa shape index (κ2) is 6.68. The van der Waals surface area contributed by atoms with Crippen molar-refractivity contribution in [3.05, 3.63) is 64.9 Å². The van der Waals surface area contributed by atoms with E-state index in [9.17, 15) is 0 Å². The normalized spacial score (nSPS) is 10.7. The van der Waals surface area contributed by atoms with Crippen molar-refractivity contribution in [1.29, 1.82) is 0 Å². The number of H-pyrrole nitrogens is 2. The summed E-state index contributed by atoms with van der Waals surface area (Å²) in [5.41, 5.74) is 3.65. The van der Waals surface area contributed by atoms with E-state index in [-0.39, 0.29) is 0 Å². The van der Waals surface area contributed by atoms with Gasteiger partial charge in [0.25, 0.3) is 0 Å². The molecule has 0 aliphatic carbocycles. The number of ether oxygens (including phenoxy) is 1. The zero-order valence-corrected chi connectivity index (χ0v) is 12.3. The molecule has 3 rings (SSSR count). The van der Waals surface area contributed by atoms with Crippen LogP contribution in [0.1, 0.15) is 5.56 Å². The smallest absolute Gasteiger partial charge is 0.238 e. The van der Waals surface area contributed by atoms with E-state index in [0.29, 0.717) is 10.7 Å². The van der Waals surface area contributed by atoms with Gasteiger partial charge < -0.3 is 4.74 Å². The highest BCUT2D eigenvalue weighted by atomic mass is 32.1. The van der Waals surface area contributed by atoms with Crippen LogP contribution in [0.2, 0.25) is 0 Å². The molecule has 0 spiro atoms. The molecule has 0 amide bonds. The molecule has 0 aliphatic heterocycles. The van der Waals surface area contributed by atoms with E-state index >= 15 is 0 Å². The minimum atomic E-state index is 0.371. The molecule has 0 bridgehead atoms. The molecular formula is C15H13N5OS. The van der Waals surface area contributed by atoms with Crippen LogP contribution < -0.4 is 10.2 Å². The lowest BCUT2D eigenvalue weighted by atomic mass is 10.2. The fourth-order valence-corrected chi connectivity index (χ4v) is 1.92. The van der Waals surface area contributed by atoms with Crippen LogP contribution in [-0.4, -0.2) is 21.4 Å². The van der Waals surface area contributed by atoms with Crippen molar-refractivity contribution < 1.29 is 4.74 Å². The van der Waals surface area contributed by atoms with Crippen LogP contribution in [0.15, 0.2) is 59.7 Å². The van der Waals surface area contributed by atoms with Crippen LogP contribution in [0.5, 0.6) is 11.5 Å². The number of hydrogen-bond acceptors (Lipinski definition) is 5. The van der Waals surface area contributed by atoms with Crippen LogP contribution in [0.25, 0.3) is 0 Å². The summed E-state index contributed by atoms with van der Waals surface area (Å²) in [5.74, 6) is 1.99. The van der Waals surface area contributed by atoms with E-state index in [1.165, 1.54) is 0 Å². The maximum atomic E-state index is 5.77. The Morgan fingerprint density at radius 1 is 1.05 bits per heavy atom. The number of hydrogen-bond donors (Lipinski definition) is 3. The Hall–Kier alpha value is -2.93. The maximum Gasteiger partial charge on any atom is 0.238 e. The van der Waals surface area contributed by atoms with Gasteiger partial charge in [-0.1, -0.05) is 30.3 Å². The third-order valence-corrected chi connectivity index (χ3v) is 2.92. The van der Waals surface area contributed by atoms with E-state index in [1.54, 1.807) is 6.21 Å². The molecule has 3 N–H and O–H groups in total. The Labute approximate surface area is 131 Å². The number of anilines is 1. The van der Waals surface area contributed by atoms with E-state index < -0.39 is 0 Å². The average molecular weight is 311 g/mol. The standard InChI is InChI=1S/C15H13N5OS/c22-15-17-14(19-20-15)18-16-10-11-5-4-8-13(9-11)21-12-6-2-1-3-7-12/h1-10H,(H3,17,18,19,20,22)/b16-10-. The van der Waals surface area contributed by atoms with Gasteiger partial charge in [-0.15, -0.1) is 0 Å². The summed E-state index contributed by atoms with van der Waals surface area (Å²) in [6.07, 6.45) is 1.67. The monoisotopic (exact) mass is 311 g/mol. The number of rotatable bonds is 5. The lowest BCUT2D eigenvalue weighted by molar-refractivity contribution is 0.482. The molecule has 1 heterocycles. The topological polar surface area (TPSA) is 78.1 Å². The molecule has 6 nitrogen and oxygen atoms in total. The van der Waals surface area contributed by atoms with Gasteiger partial charge in [0.2, 0.25) is 10.7 Å². The molecule has 2 aromatic carbocycles. The van der Waals surface area contributed by atoms with Crippen molar-refractivity contribution in [3.8, 4) is 11.5 Å². The second-order valence-electron chi connectivity index (χ2n) is 4.37. The van der Waals surface area contributed by atoms with E-state index in [4.69, 9.17) is 17.0 Å². The first-order valence-electron chi connectivity index (χ1n) is 6.56. The van der Waals surface area contributed by atoms with Gasteiger partial charge in [0.15, 0.2) is 0 Å². The van der Waals surface area contributed by atoms with Crippen molar-refractivity contribution in [1.82, 2.24) is 15.2 Å². The van der Waals surface area contributed by atoms with Gasteiger partial charge in [-0.3, -0.25) is 10.2 Å². The third-order valence-electron chi connectivity index (χ3n) is 2.72. The summed E-state index contributed by atoms with van der Waals surface area (Å²) in [6, 6.07) is 17.2. The molecule has 0 saturated carbocycles. The molecule has 0 atom stereocenters. The molecule has 0 saturated heterocycles. The van der Waals surface area contributed by atoms with Crippen LogP contribution in [0.4, 0.5) is 5.95 Å². The molecule has 7 heteroatoms. The number of aromatic nitrogens is 3. The maximum absolute atomic E-state index is 5.77. The molecule has 0 aliphatic rings. The largest absolute Gasteiger partial charge is 0.457 e. The van der Waals surface area contributed by atoms with Gasteiger partial charge in [-0.25, -0.2) is 5.43 Å². The third kappa shape index (κ3) is 3.80. The molecule has 1 aromatic heterocycles. The molecular weight excluding hydrogens is 298 g/mol. The van der Waals surface area contributed by atoms with E-state index in [0.717, 1.165) is 17.1 Å². The Morgan fingerprint density at radius 2 is 1.86 bits per heavy atom. The molecule has 0 radical (unpaired) electrons. The minimum absolute atomic E-state index is 0.371. The first-order valence-corrected chi connectivity index (χ1v) is 6.97. The predicted octanol–water partition coefficient (Wildman–Crippen LogP) is 3.71. The molecule has 22 heavy (non-hydrogen) atoms. The summed E-state index contributed by atoms with van der Waals surface area (Å²) in [6.45, 7) is 0. The Morgan fingerprint density at radius 3 is 2.64 bits per heavy atom. The van der Waals surface area contributed by atoms with E-state index in [1.807, 2.05) is 54.6 Å². The summed E-state index contributed by atoms with van der Waals surface area (Å²) < 4.78 is 6.14. The summed E-state index contributed by atoms with van der Waals surface area (Å²) in [5, 5.41) is 9.50. The van der Waals surface area contributed by atoms with Crippen molar-refractivity contribution in [3.63, 3.8) is 0 Å². The van der Waals surface area contributed by atoms with Gasteiger partial charge in [-0.05, 0) is 42.0 Å². The van der Waals surface area contributed by atoms with Crippen LogP contribution in [-0.2, 0) is 0 Å². The highest BCUT2D eigenvalue weighted by Crippen LogP contribution is 2.21. The predicted molar refractivity (Wildman–Crippen MR) is 87.9 cm³/mol. The highest BCUT2D eigenvalue weighted by molar-refractivity contribution is 7.71. The molecule has 3 aromatic rings. The zero-order chi connectivity index (χ0) is 15.2. The van der Waals surface area contributed by atoms with Crippen molar-refractivity contribution in [2.45, 2.75) is 0 Å². The lowest BCUT2D eigenvalue weighted by Crippen LogP contribution is -1.93. The molecule has 0 unspecified atom stereocenters. The Kier molecular flexibility index (Phi) is 4.26. The number of aromatic amines is 2. The van der Waals surface area contributed by atoms with Gasteiger partial charge in [-0.2, -0.15) is 10.1 Å². The van der Waals surface area contributed by atoms with Gasteiger partial charge in [0, 0.05) is 0 Å².